The summed E-state index contributed by atoms with van der Waals surface area (Å²) in [6.07, 6.45) is 3.54. The average molecular weight is 232 g/mol. The number of fused-ring (bicyclic) bond motifs is 1. The predicted octanol–water partition coefficient (Wildman–Crippen LogP) is 1.46. The molecule has 1 atom stereocenters. The van der Waals surface area contributed by atoms with Gasteiger partial charge in [-0.15, -0.1) is 0 Å². The Kier molecular flexibility index (Phi) is 3.04. The monoisotopic (exact) mass is 232 g/mol. The van der Waals surface area contributed by atoms with Crippen LogP contribution in [0.5, 0.6) is 0 Å². The van der Waals surface area contributed by atoms with Gasteiger partial charge in [0.2, 0.25) is 0 Å². The van der Waals surface area contributed by atoms with Gasteiger partial charge in [0.15, 0.2) is 0 Å². The molecule has 17 heavy (non-hydrogen) atoms. The fourth-order valence-electron chi connectivity index (χ4n) is 3.05. The third kappa shape index (κ3) is 2.17. The van der Waals surface area contributed by atoms with Gasteiger partial charge < -0.3 is 10.5 Å². The van der Waals surface area contributed by atoms with Crippen molar-refractivity contribution >= 4 is 5.69 Å². The van der Waals surface area contributed by atoms with Gasteiger partial charge in [0.05, 0.1) is 13.2 Å². The van der Waals surface area contributed by atoms with Crippen LogP contribution in [0.3, 0.4) is 0 Å². The number of nitrogens with zero attached hydrogens (tertiary/aromatic N) is 1. The number of nitrogens with two attached hydrogens (primary N) is 1. The van der Waals surface area contributed by atoms with Gasteiger partial charge in [-0.1, -0.05) is 12.1 Å². The maximum atomic E-state index is 6.09. The number of hydrogen-bond donors (Lipinski definition) is 1. The molecule has 1 fully saturated rings. The lowest BCUT2D eigenvalue weighted by molar-refractivity contribution is 0.0138. The van der Waals surface area contributed by atoms with Crippen molar-refractivity contribution in [1.82, 2.24) is 4.90 Å². The maximum Gasteiger partial charge on any atom is 0.0594 e. The molecule has 1 saturated heterocycles. The maximum absolute atomic E-state index is 6.09. The molecule has 2 aliphatic rings. The molecular formula is C14H20N2O. The van der Waals surface area contributed by atoms with E-state index in [0.29, 0.717) is 6.04 Å². The number of ether oxygens (including phenoxy) is 1. The van der Waals surface area contributed by atoms with Crippen LogP contribution in [0.1, 0.15) is 17.5 Å². The van der Waals surface area contributed by atoms with E-state index in [2.05, 4.69) is 17.0 Å². The lowest BCUT2D eigenvalue weighted by Gasteiger charge is -2.37. The molecule has 1 aromatic carbocycles. The number of morpholine rings is 1. The normalized spacial score (nSPS) is 25.5. The molecule has 2 N–H and O–H groups in total. The van der Waals surface area contributed by atoms with Crippen molar-refractivity contribution in [1.29, 1.82) is 0 Å². The van der Waals surface area contributed by atoms with Crippen molar-refractivity contribution in [2.45, 2.75) is 25.3 Å². The van der Waals surface area contributed by atoms with Gasteiger partial charge in [-0.25, -0.2) is 0 Å². The van der Waals surface area contributed by atoms with Crippen LogP contribution in [-0.4, -0.2) is 37.2 Å². The summed E-state index contributed by atoms with van der Waals surface area (Å²) < 4.78 is 5.42. The molecule has 3 heteroatoms. The standard InChI is InChI=1S/C14H20N2O/c15-14-3-1-2-11-4-5-12(10-13(11)14)16-6-8-17-9-7-16/h1-3,12H,4-10,15H2. The average Bonchev–Trinajstić information content (AvgIpc) is 2.40. The quantitative estimate of drug-likeness (QED) is 0.745. The molecule has 0 aromatic heterocycles. The minimum atomic E-state index is 0.663. The first-order chi connectivity index (χ1) is 8.34. The summed E-state index contributed by atoms with van der Waals surface area (Å²) in [6.45, 7) is 3.92. The Morgan fingerprint density at radius 2 is 2.06 bits per heavy atom. The Labute approximate surface area is 103 Å². The molecule has 1 heterocycles. The summed E-state index contributed by atoms with van der Waals surface area (Å²) in [5.41, 5.74) is 9.90. The number of aryl methyl sites for hydroxylation is 1. The van der Waals surface area contributed by atoms with Gasteiger partial charge in [0.25, 0.3) is 0 Å². The summed E-state index contributed by atoms with van der Waals surface area (Å²) in [5.74, 6) is 0. The molecule has 0 radical (unpaired) electrons. The molecule has 92 valence electrons. The van der Waals surface area contributed by atoms with E-state index in [0.717, 1.165) is 38.4 Å². The summed E-state index contributed by atoms with van der Waals surface area (Å²) in [5, 5.41) is 0. The van der Waals surface area contributed by atoms with Crippen LogP contribution in [0.15, 0.2) is 18.2 Å². The highest BCUT2D eigenvalue weighted by molar-refractivity contribution is 5.52. The van der Waals surface area contributed by atoms with Gasteiger partial charge in [-0.05, 0) is 36.5 Å². The smallest absolute Gasteiger partial charge is 0.0594 e. The Balaban J connectivity index is 1.77. The van der Waals surface area contributed by atoms with E-state index in [9.17, 15) is 0 Å². The summed E-state index contributed by atoms with van der Waals surface area (Å²) in [7, 11) is 0. The zero-order chi connectivity index (χ0) is 11.7. The van der Waals surface area contributed by atoms with Crippen LogP contribution in [0.25, 0.3) is 0 Å². The molecule has 1 aliphatic carbocycles. The number of rotatable bonds is 1. The Hall–Kier alpha value is -1.06. The van der Waals surface area contributed by atoms with Gasteiger partial charge in [-0.2, -0.15) is 0 Å². The SMILES string of the molecule is Nc1cccc2c1CC(N1CCOCC1)CC2. The fourth-order valence-corrected chi connectivity index (χ4v) is 3.05. The van der Waals surface area contributed by atoms with Gasteiger partial charge in [-0.3, -0.25) is 4.90 Å². The van der Waals surface area contributed by atoms with Crippen molar-refractivity contribution in [2.24, 2.45) is 0 Å². The van der Waals surface area contributed by atoms with Gasteiger partial charge >= 0.3 is 0 Å². The fraction of sp³-hybridized carbons (Fsp3) is 0.571. The minimum absolute atomic E-state index is 0.663. The topological polar surface area (TPSA) is 38.5 Å². The van der Waals surface area contributed by atoms with Crippen molar-refractivity contribution in [3.63, 3.8) is 0 Å². The highest BCUT2D eigenvalue weighted by Gasteiger charge is 2.26. The van der Waals surface area contributed by atoms with Gasteiger partial charge in [0.1, 0.15) is 0 Å². The minimum Gasteiger partial charge on any atom is -0.398 e. The number of hydrogen-bond acceptors (Lipinski definition) is 3. The second-order valence-corrected chi connectivity index (χ2v) is 5.03. The molecule has 0 bridgehead atoms. The third-order valence-corrected chi connectivity index (χ3v) is 4.06. The highest BCUT2D eigenvalue weighted by atomic mass is 16.5. The molecule has 0 saturated carbocycles. The Morgan fingerprint density at radius 1 is 1.24 bits per heavy atom. The van der Waals surface area contributed by atoms with Crippen LogP contribution in [0, 0.1) is 0 Å². The summed E-state index contributed by atoms with van der Waals surface area (Å²) in [6, 6.07) is 6.99. The zero-order valence-corrected chi connectivity index (χ0v) is 10.2. The molecular weight excluding hydrogens is 212 g/mol. The number of benzene rings is 1. The van der Waals surface area contributed by atoms with Crippen molar-refractivity contribution in [2.75, 3.05) is 32.0 Å². The molecule has 3 rings (SSSR count). The van der Waals surface area contributed by atoms with Crippen LogP contribution in [0.4, 0.5) is 5.69 Å². The predicted molar refractivity (Wildman–Crippen MR) is 69.1 cm³/mol. The lowest BCUT2D eigenvalue weighted by Crippen LogP contribution is -2.46. The Bertz CT molecular complexity index is 399. The molecule has 1 aliphatic heterocycles. The number of nitrogen functional groups attached to an aromatic ring is 1. The van der Waals surface area contributed by atoms with E-state index in [4.69, 9.17) is 10.5 Å². The summed E-state index contributed by atoms with van der Waals surface area (Å²) in [4.78, 5) is 2.57. The first-order valence-corrected chi connectivity index (χ1v) is 6.52. The van der Waals surface area contributed by atoms with Gasteiger partial charge in [0, 0.05) is 24.8 Å². The molecule has 0 amide bonds. The van der Waals surface area contributed by atoms with Crippen LogP contribution >= 0.6 is 0 Å². The van der Waals surface area contributed by atoms with E-state index >= 15 is 0 Å². The van der Waals surface area contributed by atoms with Crippen molar-refractivity contribution < 1.29 is 4.74 Å². The van der Waals surface area contributed by atoms with Crippen LogP contribution in [0.2, 0.25) is 0 Å². The Morgan fingerprint density at radius 3 is 2.88 bits per heavy atom. The molecule has 1 aromatic rings. The largest absolute Gasteiger partial charge is 0.398 e. The second-order valence-electron chi connectivity index (χ2n) is 5.03. The first-order valence-electron chi connectivity index (χ1n) is 6.52. The zero-order valence-electron chi connectivity index (χ0n) is 10.2. The first kappa shape index (κ1) is 11.1. The second kappa shape index (κ2) is 4.67. The molecule has 3 nitrogen and oxygen atoms in total. The van der Waals surface area contributed by atoms with Crippen LogP contribution < -0.4 is 5.73 Å². The van der Waals surface area contributed by atoms with E-state index in [-0.39, 0.29) is 0 Å². The van der Waals surface area contributed by atoms with E-state index in [1.807, 2.05) is 6.07 Å². The van der Waals surface area contributed by atoms with Crippen molar-refractivity contribution in [3.05, 3.63) is 29.3 Å². The summed E-state index contributed by atoms with van der Waals surface area (Å²) >= 11 is 0. The van der Waals surface area contributed by atoms with E-state index in [1.54, 1.807) is 0 Å². The van der Waals surface area contributed by atoms with Crippen LogP contribution in [-0.2, 0) is 17.6 Å². The number of anilines is 1. The lowest BCUT2D eigenvalue weighted by atomic mass is 9.86. The van der Waals surface area contributed by atoms with E-state index < -0.39 is 0 Å². The molecule has 1 unspecified atom stereocenters. The van der Waals surface area contributed by atoms with E-state index in [1.165, 1.54) is 24.0 Å². The van der Waals surface area contributed by atoms with Crippen molar-refractivity contribution in [3.8, 4) is 0 Å². The third-order valence-electron chi connectivity index (χ3n) is 4.06. The molecule has 0 spiro atoms. The highest BCUT2D eigenvalue weighted by Crippen LogP contribution is 2.28.